The summed E-state index contributed by atoms with van der Waals surface area (Å²) >= 11 is 7.25. The van der Waals surface area contributed by atoms with Crippen molar-refractivity contribution in [3.63, 3.8) is 0 Å². The maximum absolute atomic E-state index is 13.2. The lowest BCUT2D eigenvalue weighted by molar-refractivity contribution is -0.115. The predicted octanol–water partition coefficient (Wildman–Crippen LogP) is 4.51. The monoisotopic (exact) mass is 473 g/mol. The van der Waals surface area contributed by atoms with Crippen molar-refractivity contribution in [1.29, 1.82) is 0 Å². The second-order valence-corrected chi connectivity index (χ2v) is 8.46. The van der Waals surface area contributed by atoms with Crippen LogP contribution in [0.1, 0.15) is 5.82 Å². The molecule has 7 nitrogen and oxygen atoms in total. The van der Waals surface area contributed by atoms with E-state index in [4.69, 9.17) is 11.6 Å². The van der Waals surface area contributed by atoms with Gasteiger partial charge in [-0.25, -0.2) is 4.98 Å². The molecule has 2 heterocycles. The fraction of sp³-hybridized carbons (Fsp3) is 0.0417. The van der Waals surface area contributed by atoms with Gasteiger partial charge < -0.3 is 0 Å². The van der Waals surface area contributed by atoms with Crippen LogP contribution in [0.3, 0.4) is 0 Å². The zero-order chi connectivity index (χ0) is 22.8. The van der Waals surface area contributed by atoms with Crippen LogP contribution in [0, 0.1) is 0 Å². The molecule has 0 aliphatic carbocycles. The van der Waals surface area contributed by atoms with Crippen molar-refractivity contribution in [1.82, 2.24) is 9.55 Å². The summed E-state index contributed by atoms with van der Waals surface area (Å²) in [6.45, 7) is 0. The first kappa shape index (κ1) is 21.1. The lowest BCUT2D eigenvalue weighted by Crippen LogP contribution is -2.29. The van der Waals surface area contributed by atoms with Crippen LogP contribution in [-0.4, -0.2) is 32.6 Å². The second-order valence-electron chi connectivity index (χ2n) is 7.08. The number of amidine groups is 1. The zero-order valence-electron chi connectivity index (χ0n) is 17.1. The third kappa shape index (κ3) is 4.18. The summed E-state index contributed by atoms with van der Waals surface area (Å²) in [5, 5.41) is 9.97. The third-order valence-electron chi connectivity index (χ3n) is 4.98. The number of amides is 1. The number of thioether (sulfide) groups is 1. The van der Waals surface area contributed by atoms with Crippen molar-refractivity contribution < 1.29 is 4.79 Å². The minimum atomic E-state index is -0.200. The number of para-hydroxylation sites is 2. The van der Waals surface area contributed by atoms with Gasteiger partial charge in [0.25, 0.3) is 5.56 Å². The number of nitrogens with zero attached hydrogens (tertiary/aromatic N) is 5. The van der Waals surface area contributed by atoms with Crippen LogP contribution in [0.5, 0.6) is 0 Å². The quantitative estimate of drug-likeness (QED) is 0.322. The molecule has 1 aliphatic heterocycles. The Balaban J connectivity index is 1.57. The largest absolute Gasteiger partial charge is 0.273 e. The van der Waals surface area contributed by atoms with Gasteiger partial charge in [0, 0.05) is 5.02 Å². The number of aromatic nitrogens is 2. The molecule has 0 radical (unpaired) electrons. The standard InChI is InChI=1S/C24H16ClN5O2S/c25-16-10-12-18(13-11-16)30-22(31)15-33-24(30)28-26-14-21-27-20-9-5-4-8-19(20)23(32)29(21)17-6-2-1-3-7-17/h1-14H,15H2/b26-14+,28-24-. The van der Waals surface area contributed by atoms with Crippen molar-refractivity contribution in [2.45, 2.75) is 0 Å². The molecule has 0 bridgehead atoms. The number of rotatable bonds is 4. The zero-order valence-corrected chi connectivity index (χ0v) is 18.7. The normalized spacial score (nSPS) is 15.2. The Bertz CT molecular complexity index is 1470. The van der Waals surface area contributed by atoms with Crippen molar-refractivity contribution in [3.8, 4) is 5.69 Å². The van der Waals surface area contributed by atoms with Crippen LogP contribution in [-0.2, 0) is 4.79 Å². The molecular weight excluding hydrogens is 458 g/mol. The van der Waals surface area contributed by atoms with E-state index in [1.54, 1.807) is 42.5 Å². The molecule has 0 N–H and O–H groups in total. The van der Waals surface area contributed by atoms with Gasteiger partial charge in [0.2, 0.25) is 5.91 Å². The highest BCUT2D eigenvalue weighted by molar-refractivity contribution is 8.15. The van der Waals surface area contributed by atoms with Crippen molar-refractivity contribution in [2.75, 3.05) is 10.7 Å². The van der Waals surface area contributed by atoms with Gasteiger partial charge >= 0.3 is 0 Å². The molecule has 1 aromatic heterocycles. The van der Waals surface area contributed by atoms with Crippen LogP contribution in [0.2, 0.25) is 5.02 Å². The van der Waals surface area contributed by atoms with Gasteiger partial charge in [0.05, 0.1) is 34.2 Å². The molecule has 3 aromatic carbocycles. The summed E-state index contributed by atoms with van der Waals surface area (Å²) in [7, 11) is 0. The molecule has 0 spiro atoms. The highest BCUT2D eigenvalue weighted by Gasteiger charge is 2.29. The molecule has 0 saturated carbocycles. The Hall–Kier alpha value is -3.75. The number of benzene rings is 3. The first-order valence-electron chi connectivity index (χ1n) is 10.0. The van der Waals surface area contributed by atoms with E-state index in [0.717, 1.165) is 0 Å². The Morgan fingerprint density at radius 1 is 0.909 bits per heavy atom. The number of hydrogen-bond donors (Lipinski definition) is 0. The fourth-order valence-electron chi connectivity index (χ4n) is 3.47. The lowest BCUT2D eigenvalue weighted by atomic mass is 10.2. The molecule has 33 heavy (non-hydrogen) atoms. The molecule has 1 fully saturated rings. The second kappa shape index (κ2) is 9.01. The molecule has 162 valence electrons. The average Bonchev–Trinajstić information content (AvgIpc) is 3.20. The Morgan fingerprint density at radius 2 is 1.64 bits per heavy atom. The highest BCUT2D eigenvalue weighted by Crippen LogP contribution is 2.27. The summed E-state index contributed by atoms with van der Waals surface area (Å²) in [4.78, 5) is 31.8. The summed E-state index contributed by atoms with van der Waals surface area (Å²) in [6, 6.07) is 23.3. The number of carbonyl (C=O) groups is 1. The maximum Gasteiger partial charge on any atom is 0.266 e. The van der Waals surface area contributed by atoms with E-state index in [9.17, 15) is 9.59 Å². The van der Waals surface area contributed by atoms with Gasteiger partial charge in [0.15, 0.2) is 11.0 Å². The number of carbonyl (C=O) groups excluding carboxylic acids is 1. The number of halogens is 1. The lowest BCUT2D eigenvalue weighted by Gasteiger charge is -2.15. The molecule has 4 aromatic rings. The van der Waals surface area contributed by atoms with Gasteiger partial charge in [-0.3, -0.25) is 19.1 Å². The number of fused-ring (bicyclic) bond motifs is 1. The van der Waals surface area contributed by atoms with Crippen LogP contribution in [0.4, 0.5) is 5.69 Å². The predicted molar refractivity (Wildman–Crippen MR) is 134 cm³/mol. The first-order valence-corrected chi connectivity index (χ1v) is 11.4. The van der Waals surface area contributed by atoms with Gasteiger partial charge in [0.1, 0.15) is 0 Å². The molecule has 1 aliphatic rings. The summed E-state index contributed by atoms with van der Waals surface area (Å²) in [5.41, 5.74) is 1.70. The topological polar surface area (TPSA) is 79.9 Å². The highest BCUT2D eigenvalue weighted by atomic mass is 35.5. The SMILES string of the molecule is O=C1CS/C(=N\N=C\c2nc3ccccc3c(=O)n2-c2ccccc2)N1c1ccc(Cl)cc1. The van der Waals surface area contributed by atoms with Crippen molar-refractivity contribution in [2.24, 2.45) is 10.2 Å². The molecule has 0 atom stereocenters. The van der Waals surface area contributed by atoms with E-state index in [1.165, 1.54) is 27.4 Å². The molecule has 0 unspecified atom stereocenters. The average molecular weight is 474 g/mol. The van der Waals surface area contributed by atoms with Gasteiger partial charge in [-0.1, -0.05) is 53.7 Å². The van der Waals surface area contributed by atoms with Crippen LogP contribution in [0.25, 0.3) is 16.6 Å². The first-order chi connectivity index (χ1) is 16.1. The van der Waals surface area contributed by atoms with Crippen LogP contribution < -0.4 is 10.5 Å². The van der Waals surface area contributed by atoms with Gasteiger partial charge in [-0.2, -0.15) is 5.10 Å². The van der Waals surface area contributed by atoms with Gasteiger partial charge in [-0.15, -0.1) is 5.10 Å². The molecule has 9 heteroatoms. The summed E-state index contributed by atoms with van der Waals surface area (Å²) < 4.78 is 1.50. The molecule has 1 saturated heterocycles. The van der Waals surface area contributed by atoms with E-state index in [0.29, 0.717) is 38.3 Å². The fourth-order valence-corrected chi connectivity index (χ4v) is 4.42. The Labute approximate surface area is 198 Å². The van der Waals surface area contributed by atoms with Crippen LogP contribution in [0.15, 0.2) is 93.9 Å². The number of hydrogen-bond acceptors (Lipinski definition) is 6. The summed E-state index contributed by atoms with van der Waals surface area (Å²) in [6.07, 6.45) is 1.43. The smallest absolute Gasteiger partial charge is 0.266 e. The minimum absolute atomic E-state index is 0.0960. The molecule has 5 rings (SSSR count). The van der Waals surface area contributed by atoms with E-state index in [2.05, 4.69) is 15.2 Å². The Kier molecular flexibility index (Phi) is 5.77. The maximum atomic E-state index is 13.2. The van der Waals surface area contributed by atoms with E-state index in [1.807, 2.05) is 36.4 Å². The minimum Gasteiger partial charge on any atom is -0.273 e. The number of anilines is 1. The van der Waals surface area contributed by atoms with Crippen molar-refractivity contribution in [3.05, 3.63) is 100 Å². The third-order valence-corrected chi connectivity index (χ3v) is 6.15. The van der Waals surface area contributed by atoms with E-state index < -0.39 is 0 Å². The van der Waals surface area contributed by atoms with Gasteiger partial charge in [-0.05, 0) is 48.5 Å². The van der Waals surface area contributed by atoms with Crippen LogP contribution >= 0.6 is 23.4 Å². The molecular formula is C24H16ClN5O2S. The van der Waals surface area contributed by atoms with Crippen molar-refractivity contribution >= 4 is 57.2 Å². The van der Waals surface area contributed by atoms with E-state index >= 15 is 0 Å². The van der Waals surface area contributed by atoms with E-state index in [-0.39, 0.29) is 17.2 Å². The summed E-state index contributed by atoms with van der Waals surface area (Å²) in [5.74, 6) is 0.503. The molecule has 1 amide bonds. The Morgan fingerprint density at radius 3 is 2.42 bits per heavy atom.